The van der Waals surface area contributed by atoms with Gasteiger partial charge in [0.25, 0.3) is 10.0 Å². The smallest absolute Gasteiger partial charge is 0.265 e. The lowest BCUT2D eigenvalue weighted by Gasteiger charge is -2.19. The van der Waals surface area contributed by atoms with Gasteiger partial charge in [-0.05, 0) is 38.0 Å². The van der Waals surface area contributed by atoms with E-state index in [0.717, 1.165) is 11.5 Å². The molecule has 0 aliphatic heterocycles. The van der Waals surface area contributed by atoms with Crippen LogP contribution in [0.5, 0.6) is 0 Å². The first kappa shape index (κ1) is 19.9. The van der Waals surface area contributed by atoms with Crippen molar-refractivity contribution in [1.29, 1.82) is 0 Å². The van der Waals surface area contributed by atoms with Crippen molar-refractivity contribution in [2.24, 2.45) is 5.73 Å². The molecule has 11 heteroatoms. The molecule has 1 aromatic heterocycles. The molecule has 25 heavy (non-hydrogen) atoms. The number of hydrogen-bond donors (Lipinski definition) is 2. The van der Waals surface area contributed by atoms with Crippen LogP contribution < -0.4 is 10.5 Å². The van der Waals surface area contributed by atoms with E-state index in [1.165, 1.54) is 12.1 Å². The van der Waals surface area contributed by atoms with Gasteiger partial charge in [-0.1, -0.05) is 30.1 Å². The largest absolute Gasteiger partial charge is 0.369 e. The van der Waals surface area contributed by atoms with Crippen LogP contribution >= 0.6 is 34.7 Å². The summed E-state index contributed by atoms with van der Waals surface area (Å²) in [5, 5.41) is 0.346. The number of carbonyl (C=O) groups is 1. The number of halogens is 2. The summed E-state index contributed by atoms with van der Waals surface area (Å²) >= 11 is 12.7. The maximum absolute atomic E-state index is 12.6. The lowest BCUT2D eigenvalue weighted by Crippen LogP contribution is -2.38. The highest BCUT2D eigenvalue weighted by Crippen LogP contribution is 2.32. The summed E-state index contributed by atoms with van der Waals surface area (Å²) in [6.07, 6.45) is 0.382. The van der Waals surface area contributed by atoms with Gasteiger partial charge in [0.05, 0.1) is 5.02 Å². The number of rotatable bonds is 6. The fourth-order valence-corrected chi connectivity index (χ4v) is 5.22. The van der Waals surface area contributed by atoms with E-state index < -0.39 is 21.3 Å². The minimum absolute atomic E-state index is 0.00206. The molecule has 1 atom stereocenters. The number of benzene rings is 1. The molecule has 0 saturated carbocycles. The van der Waals surface area contributed by atoms with Crippen molar-refractivity contribution in [2.45, 2.75) is 37.5 Å². The van der Waals surface area contributed by atoms with Gasteiger partial charge in [0.15, 0.2) is 5.82 Å². The van der Waals surface area contributed by atoms with Gasteiger partial charge >= 0.3 is 0 Å². The first-order valence-electron chi connectivity index (χ1n) is 7.14. The van der Waals surface area contributed by atoms with Crippen LogP contribution in [0.2, 0.25) is 10.0 Å². The Balaban J connectivity index is 2.40. The van der Waals surface area contributed by atoms with E-state index in [1.54, 1.807) is 20.8 Å². The molecule has 0 saturated heterocycles. The van der Waals surface area contributed by atoms with Crippen LogP contribution in [0.4, 0.5) is 5.13 Å². The molecule has 0 spiro atoms. The Kier molecular flexibility index (Phi) is 5.62. The second-order valence-corrected chi connectivity index (χ2v) is 8.83. The molecule has 0 aliphatic carbocycles. The highest BCUT2D eigenvalue weighted by Gasteiger charge is 2.36. The minimum atomic E-state index is -4.00. The van der Waals surface area contributed by atoms with Gasteiger partial charge in [-0.15, -0.1) is 0 Å². The number of sulfonamides is 1. The normalized spacial score (nSPS) is 14.1. The number of nitrogens with zero attached hydrogens (tertiary/aromatic N) is 2. The average Bonchev–Trinajstić information content (AvgIpc) is 2.92. The van der Waals surface area contributed by atoms with Gasteiger partial charge in [0.2, 0.25) is 11.0 Å². The fourth-order valence-electron chi connectivity index (χ4n) is 2.13. The molecule has 0 fully saturated rings. The highest BCUT2D eigenvalue weighted by molar-refractivity contribution is 7.93. The zero-order valence-corrected chi connectivity index (χ0v) is 16.8. The van der Waals surface area contributed by atoms with E-state index in [-0.39, 0.29) is 20.9 Å². The average molecular weight is 423 g/mol. The maximum Gasteiger partial charge on any atom is 0.265 e. The first-order chi connectivity index (χ1) is 11.5. The van der Waals surface area contributed by atoms with E-state index >= 15 is 0 Å². The number of amides is 1. The van der Waals surface area contributed by atoms with Crippen molar-refractivity contribution in [2.75, 3.05) is 4.72 Å². The summed E-state index contributed by atoms with van der Waals surface area (Å²) in [5.74, 6) is -0.414. The summed E-state index contributed by atoms with van der Waals surface area (Å²) in [6, 6.07) is 2.84. The molecule has 0 aliphatic rings. The molecule has 1 unspecified atom stereocenters. The standard InChI is InChI=1S/C14H16Cl2N4O3S2/c1-4-14(3,11(17)21)12-18-13(24-19-12)20-25(22,23)10-7(2)5-8(15)6-9(10)16/h5-6H,4H2,1-3H3,(H2,17,21)(H,18,19,20). The van der Waals surface area contributed by atoms with Crippen molar-refractivity contribution in [3.63, 3.8) is 0 Å². The quantitative estimate of drug-likeness (QED) is 0.741. The summed E-state index contributed by atoms with van der Waals surface area (Å²) in [6.45, 7) is 4.96. The van der Waals surface area contributed by atoms with Crippen LogP contribution in [-0.2, 0) is 20.2 Å². The third-order valence-electron chi connectivity index (χ3n) is 3.85. The molecule has 136 valence electrons. The Morgan fingerprint density at radius 3 is 2.56 bits per heavy atom. The number of aromatic nitrogens is 2. The molecule has 2 rings (SSSR count). The van der Waals surface area contributed by atoms with E-state index in [4.69, 9.17) is 28.9 Å². The van der Waals surface area contributed by atoms with Crippen LogP contribution in [0, 0.1) is 6.92 Å². The minimum Gasteiger partial charge on any atom is -0.369 e. The van der Waals surface area contributed by atoms with E-state index in [0.29, 0.717) is 17.0 Å². The third-order valence-corrected chi connectivity index (χ3v) is 6.78. The molecular weight excluding hydrogens is 407 g/mol. The van der Waals surface area contributed by atoms with Crippen LogP contribution in [0.15, 0.2) is 17.0 Å². The Bertz CT molecular complexity index is 907. The predicted octanol–water partition coefficient (Wildman–Crippen LogP) is 3.11. The van der Waals surface area contributed by atoms with Gasteiger partial charge in [-0.2, -0.15) is 4.37 Å². The molecule has 1 aromatic carbocycles. The molecule has 0 radical (unpaired) electrons. The SMILES string of the molecule is CCC(C)(C(N)=O)c1nsc(NS(=O)(=O)c2c(C)cc(Cl)cc2Cl)n1. The molecule has 1 heterocycles. The number of aryl methyl sites for hydroxylation is 1. The monoisotopic (exact) mass is 422 g/mol. The van der Waals surface area contributed by atoms with Gasteiger partial charge in [-0.3, -0.25) is 9.52 Å². The number of nitrogens with two attached hydrogens (primary N) is 1. The zero-order valence-electron chi connectivity index (χ0n) is 13.6. The summed E-state index contributed by atoms with van der Waals surface area (Å²) in [5.41, 5.74) is 4.73. The molecule has 7 nitrogen and oxygen atoms in total. The molecule has 3 N–H and O–H groups in total. The van der Waals surface area contributed by atoms with Crippen molar-refractivity contribution in [3.05, 3.63) is 33.6 Å². The maximum atomic E-state index is 12.6. The van der Waals surface area contributed by atoms with Crippen molar-refractivity contribution >= 4 is 55.8 Å². The number of nitrogens with one attached hydrogen (secondary N) is 1. The van der Waals surface area contributed by atoms with Gasteiger partial charge in [0.1, 0.15) is 10.3 Å². The number of primary amides is 1. The first-order valence-corrected chi connectivity index (χ1v) is 10.1. The Labute approximate surface area is 159 Å². The number of anilines is 1. The van der Waals surface area contributed by atoms with Crippen LogP contribution in [0.1, 0.15) is 31.7 Å². The molecular formula is C14H16Cl2N4O3S2. The topological polar surface area (TPSA) is 115 Å². The summed E-state index contributed by atoms with van der Waals surface area (Å²) < 4.78 is 31.6. The Hall–Kier alpha value is -1.42. The lowest BCUT2D eigenvalue weighted by molar-refractivity contribution is -0.123. The number of hydrogen-bond acceptors (Lipinski definition) is 6. The van der Waals surface area contributed by atoms with E-state index in [1.807, 2.05) is 0 Å². The summed E-state index contributed by atoms with van der Waals surface area (Å²) in [7, 11) is -4.00. The fraction of sp³-hybridized carbons (Fsp3) is 0.357. The Morgan fingerprint density at radius 1 is 1.40 bits per heavy atom. The molecule has 2 aromatic rings. The van der Waals surface area contributed by atoms with Gasteiger partial charge < -0.3 is 5.73 Å². The van der Waals surface area contributed by atoms with Crippen molar-refractivity contribution in [3.8, 4) is 0 Å². The Morgan fingerprint density at radius 2 is 2.04 bits per heavy atom. The van der Waals surface area contributed by atoms with E-state index in [2.05, 4.69) is 14.1 Å². The van der Waals surface area contributed by atoms with Gasteiger partial charge in [0, 0.05) is 16.6 Å². The number of carbonyl (C=O) groups excluding carboxylic acids is 1. The van der Waals surface area contributed by atoms with Crippen LogP contribution in [0.3, 0.4) is 0 Å². The van der Waals surface area contributed by atoms with Gasteiger partial charge in [-0.25, -0.2) is 13.4 Å². The predicted molar refractivity (Wildman–Crippen MR) is 98.8 cm³/mol. The summed E-state index contributed by atoms with van der Waals surface area (Å²) in [4.78, 5) is 15.7. The molecule has 0 bridgehead atoms. The second kappa shape index (κ2) is 7.06. The van der Waals surface area contributed by atoms with Crippen LogP contribution in [0.25, 0.3) is 0 Å². The molecule has 1 amide bonds. The van der Waals surface area contributed by atoms with Crippen molar-refractivity contribution in [1.82, 2.24) is 9.36 Å². The zero-order chi connectivity index (χ0) is 19.0. The van der Waals surface area contributed by atoms with Crippen molar-refractivity contribution < 1.29 is 13.2 Å². The van der Waals surface area contributed by atoms with E-state index in [9.17, 15) is 13.2 Å². The highest BCUT2D eigenvalue weighted by atomic mass is 35.5. The second-order valence-electron chi connectivity index (χ2n) is 5.61. The lowest BCUT2D eigenvalue weighted by atomic mass is 9.86. The van der Waals surface area contributed by atoms with Crippen LogP contribution in [-0.4, -0.2) is 23.7 Å². The third kappa shape index (κ3) is 3.89.